The van der Waals surface area contributed by atoms with Gasteiger partial charge in [0.05, 0.1) is 12.2 Å². The summed E-state index contributed by atoms with van der Waals surface area (Å²) in [7, 11) is 6.61. The summed E-state index contributed by atoms with van der Waals surface area (Å²) in [6, 6.07) is 1.97. The summed E-state index contributed by atoms with van der Waals surface area (Å²) in [4.78, 5) is 0. The molecule has 0 heterocycles. The van der Waals surface area contributed by atoms with Crippen LogP contribution in [0.1, 0.15) is 32.6 Å². The molecular formula is C19H46O10Si3. The lowest BCUT2D eigenvalue weighted by atomic mass is 9.95. The maximum Gasteiger partial charge on any atom is 0.502 e. The molecule has 0 saturated heterocycles. The van der Waals surface area contributed by atoms with Crippen molar-refractivity contribution in [2.75, 3.05) is 70.6 Å². The van der Waals surface area contributed by atoms with Crippen molar-refractivity contribution in [2.24, 2.45) is 0 Å². The monoisotopic (exact) mass is 518 g/mol. The molecule has 0 aromatic rings. The summed E-state index contributed by atoms with van der Waals surface area (Å²) in [6.45, 7) is 2.58. The molecule has 0 saturated carbocycles. The Morgan fingerprint density at radius 1 is 0.469 bits per heavy atom. The quantitative estimate of drug-likeness (QED) is 0.211. The van der Waals surface area contributed by atoms with E-state index in [0.29, 0.717) is 24.7 Å². The van der Waals surface area contributed by atoms with E-state index in [-0.39, 0.29) is 5.60 Å². The molecule has 0 aliphatic carbocycles. The van der Waals surface area contributed by atoms with Crippen molar-refractivity contribution in [3.63, 3.8) is 0 Å². The van der Waals surface area contributed by atoms with Gasteiger partial charge in [-0.1, -0.05) is 0 Å². The lowest BCUT2D eigenvalue weighted by molar-refractivity contribution is -0.0441. The number of rotatable bonds is 21. The summed E-state index contributed by atoms with van der Waals surface area (Å²) >= 11 is 0. The van der Waals surface area contributed by atoms with E-state index in [1.54, 1.807) is 64.0 Å². The Hall–Kier alpha value is 0.251. The largest absolute Gasteiger partial charge is 0.502 e. The third kappa shape index (κ3) is 9.85. The van der Waals surface area contributed by atoms with Gasteiger partial charge >= 0.3 is 26.4 Å². The van der Waals surface area contributed by atoms with Crippen LogP contribution in [0, 0.1) is 0 Å². The summed E-state index contributed by atoms with van der Waals surface area (Å²) < 4.78 is 56.3. The Morgan fingerprint density at radius 3 is 1.03 bits per heavy atom. The third-order valence-electron chi connectivity index (χ3n) is 6.03. The molecule has 10 nitrogen and oxygen atoms in total. The van der Waals surface area contributed by atoms with Gasteiger partial charge in [0.15, 0.2) is 0 Å². The first-order chi connectivity index (χ1) is 15.2. The molecule has 0 atom stereocenters. The summed E-state index contributed by atoms with van der Waals surface area (Å²) in [6.07, 6.45) is 3.28. The molecule has 0 aromatic heterocycles. The average Bonchev–Trinajstić information content (AvgIpc) is 2.83. The fraction of sp³-hybridized carbons (Fsp3) is 1.00. The standard InChI is InChI=1S/C19H46O10Si3/c1-19(13-11-16-30(20-2,21-3)22-4,14-12-17-31(23-5,24-6)25-7)29-15-18-32(26-8,27-9)28-10/h11-18H2,1-10H3. The first-order valence-electron chi connectivity index (χ1n) is 10.8. The predicted octanol–water partition coefficient (Wildman–Crippen LogP) is 2.96. The minimum absolute atomic E-state index is 0.389. The second kappa shape index (κ2) is 16.0. The highest BCUT2D eigenvalue weighted by Gasteiger charge is 2.41. The van der Waals surface area contributed by atoms with Crippen LogP contribution in [0.3, 0.4) is 0 Å². The molecule has 0 rings (SSSR count). The Morgan fingerprint density at radius 2 is 0.750 bits per heavy atom. The van der Waals surface area contributed by atoms with Crippen LogP contribution in [0.25, 0.3) is 0 Å². The number of ether oxygens (including phenoxy) is 1. The Kier molecular flexibility index (Phi) is 16.1. The van der Waals surface area contributed by atoms with Gasteiger partial charge in [0, 0.05) is 82.1 Å². The normalized spacial score (nSPS) is 13.7. The van der Waals surface area contributed by atoms with Crippen molar-refractivity contribution in [3.8, 4) is 0 Å². The van der Waals surface area contributed by atoms with E-state index in [1.807, 2.05) is 0 Å². The second-order valence-corrected chi connectivity index (χ2v) is 16.9. The molecule has 0 fully saturated rings. The third-order valence-corrected chi connectivity index (χ3v) is 14.4. The van der Waals surface area contributed by atoms with Gasteiger partial charge in [0.25, 0.3) is 0 Å². The SMILES string of the molecule is CO[Si](CCCC(C)(CCC[Si](OC)(OC)OC)OCC[Si](OC)(OC)OC)(OC)OC. The molecule has 0 spiro atoms. The van der Waals surface area contributed by atoms with E-state index in [9.17, 15) is 0 Å². The van der Waals surface area contributed by atoms with Crippen molar-refractivity contribution < 1.29 is 44.6 Å². The van der Waals surface area contributed by atoms with Gasteiger partial charge in [-0.3, -0.25) is 0 Å². The highest BCUT2D eigenvalue weighted by atomic mass is 28.4. The maximum absolute atomic E-state index is 6.40. The predicted molar refractivity (Wildman–Crippen MR) is 128 cm³/mol. The van der Waals surface area contributed by atoms with Crippen molar-refractivity contribution in [2.45, 2.75) is 56.3 Å². The van der Waals surface area contributed by atoms with E-state index in [4.69, 9.17) is 44.6 Å². The minimum Gasteiger partial charge on any atom is -0.377 e. The number of hydrogen-bond acceptors (Lipinski definition) is 10. The zero-order chi connectivity index (χ0) is 24.7. The lowest BCUT2D eigenvalue weighted by Gasteiger charge is -2.34. The molecule has 194 valence electrons. The highest BCUT2D eigenvalue weighted by molar-refractivity contribution is 6.61. The maximum atomic E-state index is 6.40. The van der Waals surface area contributed by atoms with Gasteiger partial charge in [-0.25, -0.2) is 0 Å². The topological polar surface area (TPSA) is 92.3 Å². The zero-order valence-electron chi connectivity index (χ0n) is 21.7. The molecule has 0 bridgehead atoms. The highest BCUT2D eigenvalue weighted by Crippen LogP contribution is 2.30. The van der Waals surface area contributed by atoms with E-state index in [1.165, 1.54) is 0 Å². The van der Waals surface area contributed by atoms with Gasteiger partial charge in [-0.2, -0.15) is 0 Å². The molecule has 13 heteroatoms. The smallest absolute Gasteiger partial charge is 0.377 e. The van der Waals surface area contributed by atoms with Crippen LogP contribution >= 0.6 is 0 Å². The number of hydrogen-bond donors (Lipinski definition) is 0. The van der Waals surface area contributed by atoms with Gasteiger partial charge in [0.2, 0.25) is 0 Å². The van der Waals surface area contributed by atoms with Crippen molar-refractivity contribution in [1.29, 1.82) is 0 Å². The molecule has 0 aliphatic heterocycles. The molecule has 0 radical (unpaired) electrons. The minimum atomic E-state index is -2.71. The van der Waals surface area contributed by atoms with Crippen molar-refractivity contribution in [1.82, 2.24) is 0 Å². The first-order valence-corrected chi connectivity index (χ1v) is 16.6. The molecule has 32 heavy (non-hydrogen) atoms. The Bertz CT molecular complexity index is 385. The molecule has 0 aliphatic rings. The lowest BCUT2D eigenvalue weighted by Crippen LogP contribution is -2.45. The second-order valence-electron chi connectivity index (χ2n) is 7.64. The fourth-order valence-corrected chi connectivity index (χ4v) is 8.63. The van der Waals surface area contributed by atoms with Gasteiger partial charge in [0.1, 0.15) is 0 Å². The van der Waals surface area contributed by atoms with Crippen LogP contribution < -0.4 is 0 Å². The van der Waals surface area contributed by atoms with Gasteiger partial charge in [-0.15, -0.1) is 0 Å². The average molecular weight is 519 g/mol. The van der Waals surface area contributed by atoms with Gasteiger partial charge in [-0.05, 0) is 32.6 Å². The van der Waals surface area contributed by atoms with Crippen LogP contribution in [0.4, 0.5) is 0 Å². The van der Waals surface area contributed by atoms with Crippen LogP contribution in [-0.4, -0.2) is 103 Å². The van der Waals surface area contributed by atoms with Crippen LogP contribution in [0.5, 0.6) is 0 Å². The van der Waals surface area contributed by atoms with Gasteiger partial charge < -0.3 is 44.6 Å². The molecule has 0 amide bonds. The van der Waals surface area contributed by atoms with Crippen LogP contribution in [0.15, 0.2) is 0 Å². The molecular weight excluding hydrogens is 472 g/mol. The van der Waals surface area contributed by atoms with E-state index in [0.717, 1.165) is 25.7 Å². The fourth-order valence-electron chi connectivity index (χ4n) is 3.72. The van der Waals surface area contributed by atoms with Crippen molar-refractivity contribution in [3.05, 3.63) is 0 Å². The summed E-state index contributed by atoms with van der Waals surface area (Å²) in [5, 5.41) is 0. The molecule has 0 N–H and O–H groups in total. The van der Waals surface area contributed by atoms with Crippen LogP contribution in [-0.2, 0) is 44.6 Å². The molecule has 0 aromatic carbocycles. The first kappa shape index (κ1) is 32.3. The summed E-state index contributed by atoms with van der Waals surface area (Å²) in [5.74, 6) is 0. The van der Waals surface area contributed by atoms with E-state index >= 15 is 0 Å². The Labute approximate surface area is 198 Å². The Balaban J connectivity index is 5.18. The van der Waals surface area contributed by atoms with Crippen LogP contribution in [0.2, 0.25) is 18.1 Å². The van der Waals surface area contributed by atoms with Crippen molar-refractivity contribution >= 4 is 26.4 Å². The van der Waals surface area contributed by atoms with E-state index < -0.39 is 26.4 Å². The molecule has 0 unspecified atom stereocenters. The summed E-state index contributed by atoms with van der Waals surface area (Å²) in [5.41, 5.74) is -0.389. The van der Waals surface area contributed by atoms with E-state index in [2.05, 4.69) is 6.92 Å². The zero-order valence-corrected chi connectivity index (χ0v) is 24.7.